The number of hydrogen-bond donors (Lipinski definition) is 1. The smallest absolute Gasteiger partial charge is 0.228 e. The molecule has 1 aliphatic heterocycles. The number of rotatable bonds is 2. The predicted molar refractivity (Wildman–Crippen MR) is 66.3 cm³/mol. The highest BCUT2D eigenvalue weighted by atomic mass is 32.1. The maximum Gasteiger partial charge on any atom is 0.228 e. The van der Waals surface area contributed by atoms with Crippen LogP contribution in [0.2, 0.25) is 0 Å². The first-order valence-electron chi connectivity index (χ1n) is 6.20. The molecule has 17 heavy (non-hydrogen) atoms. The van der Waals surface area contributed by atoms with Crippen molar-refractivity contribution in [3.8, 4) is 0 Å². The van der Waals surface area contributed by atoms with E-state index >= 15 is 0 Å². The third kappa shape index (κ3) is 2.21. The van der Waals surface area contributed by atoms with E-state index in [-0.39, 0.29) is 11.8 Å². The highest BCUT2D eigenvalue weighted by molar-refractivity contribution is 7.10. The molecule has 2 heterocycles. The van der Waals surface area contributed by atoms with Gasteiger partial charge in [-0.05, 0) is 43.6 Å². The van der Waals surface area contributed by atoms with Gasteiger partial charge in [-0.2, -0.15) is 4.37 Å². The van der Waals surface area contributed by atoms with Crippen LogP contribution in [-0.4, -0.2) is 23.5 Å². The fourth-order valence-corrected chi connectivity index (χ4v) is 3.38. The van der Waals surface area contributed by atoms with Gasteiger partial charge in [-0.25, -0.2) is 0 Å². The van der Waals surface area contributed by atoms with Gasteiger partial charge in [-0.3, -0.25) is 4.79 Å². The van der Waals surface area contributed by atoms with Crippen molar-refractivity contribution in [3.05, 3.63) is 11.3 Å². The van der Waals surface area contributed by atoms with Gasteiger partial charge in [-0.15, -0.1) is 0 Å². The molecule has 0 saturated carbocycles. The maximum atomic E-state index is 12.1. The van der Waals surface area contributed by atoms with Gasteiger partial charge in [-0.1, -0.05) is 0 Å². The lowest BCUT2D eigenvalue weighted by Crippen LogP contribution is -2.28. The zero-order valence-corrected chi connectivity index (χ0v) is 10.5. The number of nitrogens with zero attached hydrogens (tertiary/aromatic N) is 1. The number of amides is 1. The number of aryl methyl sites for hydroxylation is 1. The van der Waals surface area contributed by atoms with Crippen LogP contribution in [0.25, 0.3) is 0 Å². The third-order valence-corrected chi connectivity index (χ3v) is 4.38. The molecular weight excluding hydrogens is 236 g/mol. The molecule has 1 aromatic rings. The van der Waals surface area contributed by atoms with Gasteiger partial charge in [0.05, 0.1) is 5.69 Å². The van der Waals surface area contributed by atoms with Crippen LogP contribution in [0, 0.1) is 5.92 Å². The molecule has 4 nitrogen and oxygen atoms in total. The summed E-state index contributed by atoms with van der Waals surface area (Å²) in [6, 6.07) is 0. The van der Waals surface area contributed by atoms with Crippen LogP contribution in [0.5, 0.6) is 0 Å². The summed E-state index contributed by atoms with van der Waals surface area (Å²) in [4.78, 5) is 12.1. The van der Waals surface area contributed by atoms with Gasteiger partial charge in [0.15, 0.2) is 0 Å². The largest absolute Gasteiger partial charge is 0.381 e. The van der Waals surface area contributed by atoms with E-state index in [9.17, 15) is 4.79 Å². The van der Waals surface area contributed by atoms with E-state index in [0.29, 0.717) is 13.2 Å². The summed E-state index contributed by atoms with van der Waals surface area (Å²) in [5.74, 6) is 0.259. The Hall–Kier alpha value is -0.940. The van der Waals surface area contributed by atoms with Gasteiger partial charge < -0.3 is 10.1 Å². The van der Waals surface area contributed by atoms with Crippen LogP contribution in [0.3, 0.4) is 0 Å². The number of fused-ring (bicyclic) bond motifs is 1. The molecule has 92 valence electrons. The predicted octanol–water partition coefficient (Wildman–Crippen LogP) is 2.00. The highest BCUT2D eigenvalue weighted by Crippen LogP contribution is 2.32. The Morgan fingerprint density at radius 2 is 2.18 bits per heavy atom. The average Bonchev–Trinajstić information content (AvgIpc) is 2.95. The second-order valence-corrected chi connectivity index (χ2v) is 5.44. The Morgan fingerprint density at radius 3 is 3.00 bits per heavy atom. The van der Waals surface area contributed by atoms with Crippen LogP contribution in [-0.2, 0) is 22.4 Å². The second kappa shape index (κ2) is 4.74. The number of carbonyl (C=O) groups is 1. The van der Waals surface area contributed by atoms with Crippen LogP contribution in [0.4, 0.5) is 5.00 Å². The van der Waals surface area contributed by atoms with E-state index in [4.69, 9.17) is 4.74 Å². The number of aromatic nitrogens is 1. The summed E-state index contributed by atoms with van der Waals surface area (Å²) in [6.45, 7) is 1.41. The average molecular weight is 252 g/mol. The van der Waals surface area contributed by atoms with Crippen molar-refractivity contribution >= 4 is 22.4 Å². The SMILES string of the molecule is O=C(Nc1snc2c1CCC2)C1CCOCC1. The van der Waals surface area contributed by atoms with E-state index in [1.54, 1.807) is 0 Å². The lowest BCUT2D eigenvalue weighted by molar-refractivity contribution is -0.122. The minimum atomic E-state index is 0.114. The molecular formula is C12H16N2O2S. The molecule has 1 fully saturated rings. The quantitative estimate of drug-likeness (QED) is 0.876. The van der Waals surface area contributed by atoms with Crippen LogP contribution in [0.15, 0.2) is 0 Å². The van der Waals surface area contributed by atoms with Crippen LogP contribution in [0.1, 0.15) is 30.5 Å². The Balaban J connectivity index is 1.67. The van der Waals surface area contributed by atoms with Crippen molar-refractivity contribution in [2.24, 2.45) is 5.92 Å². The van der Waals surface area contributed by atoms with Crippen molar-refractivity contribution < 1.29 is 9.53 Å². The molecule has 2 aliphatic rings. The summed E-state index contributed by atoms with van der Waals surface area (Å²) in [5.41, 5.74) is 2.47. The summed E-state index contributed by atoms with van der Waals surface area (Å²) in [7, 11) is 0. The normalized spacial score (nSPS) is 20.2. The minimum Gasteiger partial charge on any atom is -0.381 e. The fraction of sp³-hybridized carbons (Fsp3) is 0.667. The van der Waals surface area contributed by atoms with Gasteiger partial charge in [0.2, 0.25) is 5.91 Å². The van der Waals surface area contributed by atoms with Crippen molar-refractivity contribution in [2.45, 2.75) is 32.1 Å². The highest BCUT2D eigenvalue weighted by Gasteiger charge is 2.25. The van der Waals surface area contributed by atoms with Crippen molar-refractivity contribution in [2.75, 3.05) is 18.5 Å². The number of hydrogen-bond acceptors (Lipinski definition) is 4. The van der Waals surface area contributed by atoms with Gasteiger partial charge in [0.1, 0.15) is 5.00 Å². The fourth-order valence-electron chi connectivity index (χ4n) is 2.50. The molecule has 0 unspecified atom stereocenters. The zero-order chi connectivity index (χ0) is 11.7. The molecule has 0 radical (unpaired) electrons. The summed E-state index contributed by atoms with van der Waals surface area (Å²) < 4.78 is 9.67. The van der Waals surface area contributed by atoms with E-state index in [2.05, 4.69) is 9.69 Å². The van der Waals surface area contributed by atoms with E-state index < -0.39 is 0 Å². The molecule has 1 N–H and O–H groups in total. The van der Waals surface area contributed by atoms with Crippen molar-refractivity contribution in [3.63, 3.8) is 0 Å². The number of nitrogens with one attached hydrogen (secondary N) is 1. The number of ether oxygens (including phenoxy) is 1. The lowest BCUT2D eigenvalue weighted by atomic mass is 9.99. The van der Waals surface area contributed by atoms with Crippen molar-refractivity contribution in [1.82, 2.24) is 4.37 Å². The monoisotopic (exact) mass is 252 g/mol. The molecule has 1 aromatic heterocycles. The first-order valence-corrected chi connectivity index (χ1v) is 6.98. The lowest BCUT2D eigenvalue weighted by Gasteiger charge is -2.20. The zero-order valence-electron chi connectivity index (χ0n) is 9.70. The Morgan fingerprint density at radius 1 is 1.35 bits per heavy atom. The maximum absolute atomic E-state index is 12.1. The molecule has 1 saturated heterocycles. The molecule has 0 spiro atoms. The van der Waals surface area contributed by atoms with Crippen LogP contribution >= 0.6 is 11.5 Å². The van der Waals surface area contributed by atoms with Gasteiger partial charge in [0.25, 0.3) is 0 Å². The third-order valence-electron chi connectivity index (χ3n) is 3.54. The summed E-state index contributed by atoms with van der Waals surface area (Å²) in [6.07, 6.45) is 4.99. The first kappa shape index (κ1) is 11.2. The molecule has 0 bridgehead atoms. The number of anilines is 1. The van der Waals surface area contributed by atoms with Gasteiger partial charge in [0, 0.05) is 24.7 Å². The molecule has 1 amide bonds. The summed E-state index contributed by atoms with van der Waals surface area (Å²) >= 11 is 1.43. The summed E-state index contributed by atoms with van der Waals surface area (Å²) in [5, 5.41) is 4.03. The first-order chi connectivity index (χ1) is 8.34. The molecule has 3 rings (SSSR count). The molecule has 0 aromatic carbocycles. The Bertz CT molecular complexity index is 424. The molecule has 0 atom stereocenters. The molecule has 1 aliphatic carbocycles. The topological polar surface area (TPSA) is 51.2 Å². The number of carbonyl (C=O) groups excluding carboxylic acids is 1. The minimum absolute atomic E-state index is 0.114. The Labute approximate surface area is 105 Å². The van der Waals surface area contributed by atoms with Crippen LogP contribution < -0.4 is 5.32 Å². The Kier molecular flexibility index (Phi) is 3.11. The van der Waals surface area contributed by atoms with Gasteiger partial charge >= 0.3 is 0 Å². The van der Waals surface area contributed by atoms with E-state index in [1.165, 1.54) is 29.2 Å². The standard InChI is InChI=1S/C12H16N2O2S/c15-11(8-4-6-16-7-5-8)13-12-9-2-1-3-10(9)14-17-12/h8H,1-7H2,(H,13,15). The molecule has 5 heteroatoms. The second-order valence-electron chi connectivity index (χ2n) is 4.67. The van der Waals surface area contributed by atoms with E-state index in [0.717, 1.165) is 30.7 Å². The van der Waals surface area contributed by atoms with Crippen molar-refractivity contribution in [1.29, 1.82) is 0 Å². The van der Waals surface area contributed by atoms with E-state index in [1.807, 2.05) is 0 Å².